The monoisotopic (exact) mass is 395 g/mol. The van der Waals surface area contributed by atoms with Crippen molar-refractivity contribution in [3.8, 4) is 16.9 Å². The quantitative estimate of drug-likeness (QED) is 0.578. The van der Waals surface area contributed by atoms with Gasteiger partial charge in [-0.1, -0.05) is 48.0 Å². The van der Waals surface area contributed by atoms with Gasteiger partial charge in [-0.05, 0) is 53.4 Å². The van der Waals surface area contributed by atoms with E-state index in [1.807, 2.05) is 24.3 Å². The zero-order valence-corrected chi connectivity index (χ0v) is 15.6. The molecule has 0 aliphatic rings. The molecular formula is C22H18ClNO4. The van der Waals surface area contributed by atoms with E-state index < -0.39 is 5.97 Å². The molecule has 0 fully saturated rings. The van der Waals surface area contributed by atoms with Gasteiger partial charge in [0.2, 0.25) is 0 Å². The number of phenolic OH excluding ortho intramolecular Hbond substituents is 1. The molecule has 6 heteroatoms. The molecule has 0 radical (unpaired) electrons. The van der Waals surface area contributed by atoms with E-state index in [2.05, 4.69) is 5.32 Å². The van der Waals surface area contributed by atoms with Crippen LogP contribution in [0.3, 0.4) is 0 Å². The van der Waals surface area contributed by atoms with E-state index in [0.29, 0.717) is 18.0 Å². The minimum Gasteiger partial charge on any atom is -0.507 e. The lowest BCUT2D eigenvalue weighted by molar-refractivity contribution is 0.0696. The molecule has 0 saturated carbocycles. The fourth-order valence-electron chi connectivity index (χ4n) is 2.77. The lowest BCUT2D eigenvalue weighted by atomic mass is 10.0. The van der Waals surface area contributed by atoms with Crippen molar-refractivity contribution in [2.45, 2.75) is 6.42 Å². The Morgan fingerprint density at radius 2 is 1.50 bits per heavy atom. The van der Waals surface area contributed by atoms with Crippen molar-refractivity contribution in [3.63, 3.8) is 0 Å². The second-order valence-electron chi connectivity index (χ2n) is 6.25. The zero-order chi connectivity index (χ0) is 20.1. The predicted octanol–water partition coefficient (Wildman–Crippen LogP) is 4.38. The maximum Gasteiger partial charge on any atom is 0.335 e. The van der Waals surface area contributed by atoms with Gasteiger partial charge < -0.3 is 15.5 Å². The van der Waals surface area contributed by atoms with Crippen molar-refractivity contribution in [1.29, 1.82) is 0 Å². The summed E-state index contributed by atoms with van der Waals surface area (Å²) in [4.78, 5) is 23.1. The van der Waals surface area contributed by atoms with E-state index in [4.69, 9.17) is 16.7 Å². The van der Waals surface area contributed by atoms with Crippen LogP contribution in [0.4, 0.5) is 0 Å². The molecule has 0 aliphatic carbocycles. The van der Waals surface area contributed by atoms with Crippen molar-refractivity contribution in [2.75, 3.05) is 6.54 Å². The summed E-state index contributed by atoms with van der Waals surface area (Å²) in [5, 5.41) is 21.9. The normalized spacial score (nSPS) is 10.5. The van der Waals surface area contributed by atoms with Crippen LogP contribution in [0.1, 0.15) is 26.3 Å². The average molecular weight is 396 g/mol. The van der Waals surface area contributed by atoms with Gasteiger partial charge in [0, 0.05) is 11.6 Å². The Morgan fingerprint density at radius 3 is 2.11 bits per heavy atom. The number of hydrogen-bond donors (Lipinski definition) is 3. The minimum absolute atomic E-state index is 0.111. The highest BCUT2D eigenvalue weighted by Gasteiger charge is 2.11. The molecule has 0 heterocycles. The van der Waals surface area contributed by atoms with Gasteiger partial charge in [0.1, 0.15) is 5.75 Å². The van der Waals surface area contributed by atoms with Gasteiger partial charge in [0.05, 0.1) is 11.1 Å². The summed E-state index contributed by atoms with van der Waals surface area (Å²) in [7, 11) is 0. The van der Waals surface area contributed by atoms with Crippen molar-refractivity contribution in [2.24, 2.45) is 0 Å². The van der Waals surface area contributed by atoms with E-state index >= 15 is 0 Å². The molecule has 3 N–H and O–H groups in total. The van der Waals surface area contributed by atoms with Crippen LogP contribution in [-0.2, 0) is 6.42 Å². The van der Waals surface area contributed by atoms with Crippen LogP contribution in [0.15, 0.2) is 66.7 Å². The van der Waals surface area contributed by atoms with E-state index in [1.54, 1.807) is 24.3 Å². The molecule has 3 aromatic carbocycles. The van der Waals surface area contributed by atoms with Crippen molar-refractivity contribution < 1.29 is 19.8 Å². The molecule has 3 rings (SSSR count). The number of halogens is 1. The van der Waals surface area contributed by atoms with Crippen LogP contribution < -0.4 is 5.32 Å². The molecule has 0 saturated heterocycles. The van der Waals surface area contributed by atoms with Crippen LogP contribution >= 0.6 is 11.6 Å². The maximum atomic E-state index is 12.2. The number of carbonyl (C=O) groups excluding carboxylic acids is 1. The van der Waals surface area contributed by atoms with Gasteiger partial charge in [0.15, 0.2) is 0 Å². The molecule has 0 spiro atoms. The lowest BCUT2D eigenvalue weighted by Gasteiger charge is -2.08. The SMILES string of the molecule is O=C(O)c1ccc(-c2ccc(CCNC(=O)c3cc(Cl)ccc3O)cc2)cc1. The average Bonchev–Trinajstić information content (AvgIpc) is 2.70. The molecular weight excluding hydrogens is 378 g/mol. The number of nitrogens with one attached hydrogen (secondary N) is 1. The van der Waals surface area contributed by atoms with Crippen molar-refractivity contribution in [1.82, 2.24) is 5.32 Å². The molecule has 0 aromatic heterocycles. The smallest absolute Gasteiger partial charge is 0.335 e. The fraction of sp³-hybridized carbons (Fsp3) is 0.0909. The third kappa shape index (κ3) is 4.69. The second kappa shape index (κ2) is 8.59. The Kier molecular flexibility index (Phi) is 5.96. The van der Waals surface area contributed by atoms with Gasteiger partial charge in [-0.3, -0.25) is 4.79 Å². The Bertz CT molecular complexity index is 998. The molecule has 3 aromatic rings. The number of aromatic hydroxyl groups is 1. The molecule has 0 bridgehead atoms. The van der Waals surface area contributed by atoms with Crippen LogP contribution in [-0.4, -0.2) is 28.6 Å². The number of rotatable bonds is 6. The van der Waals surface area contributed by atoms with Crippen molar-refractivity contribution >= 4 is 23.5 Å². The zero-order valence-electron chi connectivity index (χ0n) is 14.9. The highest BCUT2D eigenvalue weighted by Crippen LogP contribution is 2.22. The summed E-state index contributed by atoms with van der Waals surface area (Å²) >= 11 is 5.86. The standard InChI is InChI=1S/C22H18ClNO4/c23-18-9-10-20(25)19(13-18)21(26)24-12-11-14-1-3-15(4-2-14)16-5-7-17(8-6-16)22(27)28/h1-10,13,25H,11-12H2,(H,24,26)(H,27,28). The molecule has 0 atom stereocenters. The minimum atomic E-state index is -0.949. The number of amides is 1. The summed E-state index contributed by atoms with van der Waals surface area (Å²) in [5.41, 5.74) is 3.35. The van der Waals surface area contributed by atoms with Gasteiger partial charge >= 0.3 is 5.97 Å². The Morgan fingerprint density at radius 1 is 0.893 bits per heavy atom. The van der Waals surface area contributed by atoms with Crippen LogP contribution in [0.5, 0.6) is 5.75 Å². The molecule has 142 valence electrons. The van der Waals surface area contributed by atoms with Gasteiger partial charge in [-0.2, -0.15) is 0 Å². The fourth-order valence-corrected chi connectivity index (χ4v) is 2.95. The Balaban J connectivity index is 1.58. The van der Waals surface area contributed by atoms with Crippen molar-refractivity contribution in [3.05, 3.63) is 88.4 Å². The topological polar surface area (TPSA) is 86.6 Å². The number of carboxylic acid groups (broad SMARTS) is 1. The van der Waals surface area contributed by atoms with Crippen LogP contribution in [0.2, 0.25) is 5.02 Å². The first kappa shape index (κ1) is 19.5. The molecule has 0 unspecified atom stereocenters. The van der Waals surface area contributed by atoms with Crippen LogP contribution in [0, 0.1) is 0 Å². The number of benzene rings is 3. The molecule has 5 nitrogen and oxygen atoms in total. The van der Waals surface area contributed by atoms with E-state index in [1.165, 1.54) is 18.2 Å². The summed E-state index contributed by atoms with van der Waals surface area (Å²) in [5.74, 6) is -1.44. The highest BCUT2D eigenvalue weighted by molar-refractivity contribution is 6.31. The largest absolute Gasteiger partial charge is 0.507 e. The van der Waals surface area contributed by atoms with Gasteiger partial charge in [-0.25, -0.2) is 4.79 Å². The van der Waals surface area contributed by atoms with E-state index in [-0.39, 0.29) is 22.8 Å². The third-order valence-electron chi connectivity index (χ3n) is 4.32. The first-order valence-corrected chi connectivity index (χ1v) is 9.01. The van der Waals surface area contributed by atoms with Gasteiger partial charge in [0.25, 0.3) is 5.91 Å². The first-order chi connectivity index (χ1) is 13.4. The van der Waals surface area contributed by atoms with E-state index in [9.17, 15) is 14.7 Å². The number of phenols is 1. The molecule has 1 amide bonds. The molecule has 0 aliphatic heterocycles. The Labute approximate surface area is 167 Å². The summed E-state index contributed by atoms with van der Waals surface area (Å²) in [6.07, 6.45) is 0.630. The number of carbonyl (C=O) groups is 2. The summed E-state index contributed by atoms with van der Waals surface area (Å²) in [6.45, 7) is 0.414. The number of carboxylic acids is 1. The number of hydrogen-bond acceptors (Lipinski definition) is 3. The predicted molar refractivity (Wildman–Crippen MR) is 108 cm³/mol. The van der Waals surface area contributed by atoms with E-state index in [0.717, 1.165) is 16.7 Å². The third-order valence-corrected chi connectivity index (χ3v) is 4.56. The number of aromatic carboxylic acids is 1. The van der Waals surface area contributed by atoms with Gasteiger partial charge in [-0.15, -0.1) is 0 Å². The Hall–Kier alpha value is -3.31. The molecule has 28 heavy (non-hydrogen) atoms. The van der Waals surface area contributed by atoms with Crippen LogP contribution in [0.25, 0.3) is 11.1 Å². The lowest BCUT2D eigenvalue weighted by Crippen LogP contribution is -2.25. The summed E-state index contributed by atoms with van der Waals surface area (Å²) < 4.78 is 0. The second-order valence-corrected chi connectivity index (χ2v) is 6.68. The first-order valence-electron chi connectivity index (χ1n) is 8.63. The highest BCUT2D eigenvalue weighted by atomic mass is 35.5. The maximum absolute atomic E-state index is 12.2. The summed E-state index contributed by atoms with van der Waals surface area (Å²) in [6, 6.07) is 18.9.